The quantitative estimate of drug-likeness (QED) is 0.842. The van der Waals surface area contributed by atoms with Crippen molar-refractivity contribution in [2.45, 2.75) is 37.9 Å². The lowest BCUT2D eigenvalue weighted by Crippen LogP contribution is -2.52. The maximum absolute atomic E-state index is 13.1. The molecule has 2 N–H and O–H groups in total. The second-order valence-electron chi connectivity index (χ2n) is 7.99. The molecule has 3 heterocycles. The first kappa shape index (κ1) is 17.5. The van der Waals surface area contributed by atoms with Gasteiger partial charge in [-0.25, -0.2) is 0 Å². The van der Waals surface area contributed by atoms with Crippen molar-refractivity contribution in [1.82, 2.24) is 14.7 Å². The second-order valence-corrected chi connectivity index (χ2v) is 7.99. The van der Waals surface area contributed by atoms with E-state index in [9.17, 15) is 9.59 Å². The molecule has 140 valence electrons. The third kappa shape index (κ3) is 3.62. The van der Waals surface area contributed by atoms with Gasteiger partial charge in [-0.3, -0.25) is 19.4 Å². The topological polar surface area (TPSA) is 69.9 Å². The van der Waals surface area contributed by atoms with E-state index in [4.69, 9.17) is 5.73 Å². The maximum atomic E-state index is 13.1. The molecular formula is C20H28N4O2. The number of piperazine rings is 1. The number of benzene rings is 1. The highest BCUT2D eigenvalue weighted by Gasteiger charge is 2.46. The van der Waals surface area contributed by atoms with E-state index in [1.807, 2.05) is 11.0 Å². The van der Waals surface area contributed by atoms with Crippen LogP contribution in [-0.4, -0.2) is 71.3 Å². The summed E-state index contributed by atoms with van der Waals surface area (Å²) in [6, 6.07) is 11.4. The Morgan fingerprint density at radius 2 is 1.88 bits per heavy atom. The lowest BCUT2D eigenvalue weighted by atomic mass is 9.96. The van der Waals surface area contributed by atoms with Crippen molar-refractivity contribution < 1.29 is 9.59 Å². The molecule has 1 aromatic carbocycles. The van der Waals surface area contributed by atoms with Gasteiger partial charge in [0, 0.05) is 38.3 Å². The predicted molar refractivity (Wildman–Crippen MR) is 99.1 cm³/mol. The number of hydrogen-bond donors (Lipinski definition) is 1. The van der Waals surface area contributed by atoms with Gasteiger partial charge >= 0.3 is 0 Å². The van der Waals surface area contributed by atoms with E-state index in [1.54, 1.807) is 0 Å². The van der Waals surface area contributed by atoms with Crippen LogP contribution in [0.15, 0.2) is 30.3 Å². The van der Waals surface area contributed by atoms with Crippen LogP contribution in [0.3, 0.4) is 0 Å². The zero-order valence-electron chi connectivity index (χ0n) is 15.2. The standard InChI is InChI=1S/C20H28N4O2/c21-19(25)14-22-8-4-7-16(11-22)20(26)24-13-17-9-18(24)12-23(17)10-15-5-2-1-3-6-15/h1-3,5-6,16-18H,4,7-14H2,(H2,21,25)/t16?,17-,18-/m0/s1. The number of piperidine rings is 1. The van der Waals surface area contributed by atoms with Crippen LogP contribution in [-0.2, 0) is 16.1 Å². The molecule has 0 radical (unpaired) electrons. The fourth-order valence-electron chi connectivity index (χ4n) is 4.89. The van der Waals surface area contributed by atoms with Crippen molar-refractivity contribution >= 4 is 11.8 Å². The molecule has 0 saturated carbocycles. The highest BCUT2D eigenvalue weighted by atomic mass is 16.2. The minimum atomic E-state index is -0.310. The summed E-state index contributed by atoms with van der Waals surface area (Å²) in [5.74, 6) is -0.00839. The Kier molecular flexibility index (Phi) is 4.96. The van der Waals surface area contributed by atoms with Gasteiger partial charge in [-0.05, 0) is 31.4 Å². The third-order valence-electron chi connectivity index (χ3n) is 6.10. The molecule has 3 fully saturated rings. The zero-order chi connectivity index (χ0) is 18.1. The van der Waals surface area contributed by atoms with E-state index >= 15 is 0 Å². The van der Waals surface area contributed by atoms with Crippen molar-refractivity contribution in [2.24, 2.45) is 11.7 Å². The lowest BCUT2D eigenvalue weighted by molar-refractivity contribution is -0.140. The van der Waals surface area contributed by atoms with Crippen LogP contribution in [0.1, 0.15) is 24.8 Å². The molecule has 3 aliphatic rings. The fraction of sp³-hybridized carbons (Fsp3) is 0.600. The molecule has 1 aromatic rings. The van der Waals surface area contributed by atoms with E-state index in [2.05, 4.69) is 34.1 Å². The zero-order valence-corrected chi connectivity index (χ0v) is 15.2. The van der Waals surface area contributed by atoms with Crippen LogP contribution in [0, 0.1) is 5.92 Å². The Hall–Kier alpha value is -1.92. The summed E-state index contributed by atoms with van der Waals surface area (Å²) in [5.41, 5.74) is 6.65. The Bertz CT molecular complexity index is 665. The number of carbonyl (C=O) groups is 2. The predicted octanol–water partition coefficient (Wildman–Crippen LogP) is 0.669. The number of nitrogens with two attached hydrogens (primary N) is 1. The van der Waals surface area contributed by atoms with Gasteiger partial charge in [-0.2, -0.15) is 0 Å². The molecule has 4 rings (SSSR count). The molecule has 0 aromatic heterocycles. The summed E-state index contributed by atoms with van der Waals surface area (Å²) in [6.45, 7) is 4.60. The molecular weight excluding hydrogens is 328 g/mol. The van der Waals surface area contributed by atoms with Gasteiger partial charge in [0.2, 0.25) is 11.8 Å². The first-order chi connectivity index (χ1) is 12.6. The van der Waals surface area contributed by atoms with Gasteiger partial charge in [-0.1, -0.05) is 30.3 Å². The Labute approximate surface area is 154 Å². The first-order valence-corrected chi connectivity index (χ1v) is 9.69. The van der Waals surface area contributed by atoms with E-state index < -0.39 is 0 Å². The molecule has 0 aliphatic carbocycles. The van der Waals surface area contributed by atoms with Crippen molar-refractivity contribution in [1.29, 1.82) is 0 Å². The molecule has 26 heavy (non-hydrogen) atoms. The largest absolute Gasteiger partial charge is 0.369 e. The van der Waals surface area contributed by atoms with Crippen LogP contribution in [0.5, 0.6) is 0 Å². The normalized spacial score (nSPS) is 29.2. The van der Waals surface area contributed by atoms with Gasteiger partial charge in [-0.15, -0.1) is 0 Å². The van der Waals surface area contributed by atoms with Gasteiger partial charge in [0.25, 0.3) is 0 Å². The highest BCUT2D eigenvalue weighted by Crippen LogP contribution is 2.34. The number of likely N-dealkylation sites (tertiary alicyclic amines) is 3. The van der Waals surface area contributed by atoms with Gasteiger partial charge in [0.15, 0.2) is 0 Å². The molecule has 1 unspecified atom stereocenters. The van der Waals surface area contributed by atoms with Gasteiger partial charge in [0.05, 0.1) is 12.5 Å². The average Bonchev–Trinajstić information content (AvgIpc) is 3.22. The third-order valence-corrected chi connectivity index (χ3v) is 6.10. The van der Waals surface area contributed by atoms with Crippen molar-refractivity contribution in [3.8, 4) is 0 Å². The molecule has 2 bridgehead atoms. The summed E-state index contributed by atoms with van der Waals surface area (Å²) < 4.78 is 0. The van der Waals surface area contributed by atoms with Crippen LogP contribution in [0.25, 0.3) is 0 Å². The minimum Gasteiger partial charge on any atom is -0.369 e. The summed E-state index contributed by atoms with van der Waals surface area (Å²) in [4.78, 5) is 30.9. The number of fused-ring (bicyclic) bond motifs is 2. The van der Waals surface area contributed by atoms with E-state index in [1.165, 1.54) is 5.56 Å². The van der Waals surface area contributed by atoms with Crippen molar-refractivity contribution in [3.63, 3.8) is 0 Å². The number of primary amides is 1. The first-order valence-electron chi connectivity index (χ1n) is 9.69. The highest BCUT2D eigenvalue weighted by molar-refractivity contribution is 5.80. The van der Waals surface area contributed by atoms with E-state index in [0.717, 1.165) is 45.4 Å². The van der Waals surface area contributed by atoms with Crippen molar-refractivity contribution in [3.05, 3.63) is 35.9 Å². The molecule has 6 nitrogen and oxygen atoms in total. The van der Waals surface area contributed by atoms with E-state index in [0.29, 0.717) is 18.6 Å². The second kappa shape index (κ2) is 7.37. The minimum absolute atomic E-state index is 0.0185. The molecule has 3 saturated heterocycles. The fourth-order valence-corrected chi connectivity index (χ4v) is 4.89. The summed E-state index contributed by atoms with van der Waals surface area (Å²) in [5, 5.41) is 0. The Morgan fingerprint density at radius 3 is 2.58 bits per heavy atom. The number of nitrogens with zero attached hydrogens (tertiary/aromatic N) is 3. The van der Waals surface area contributed by atoms with E-state index in [-0.39, 0.29) is 24.3 Å². The molecule has 0 spiro atoms. The summed E-state index contributed by atoms with van der Waals surface area (Å²) >= 11 is 0. The van der Waals surface area contributed by atoms with Crippen LogP contribution >= 0.6 is 0 Å². The maximum Gasteiger partial charge on any atom is 0.231 e. The lowest BCUT2D eigenvalue weighted by Gasteiger charge is -2.38. The number of hydrogen-bond acceptors (Lipinski definition) is 4. The van der Waals surface area contributed by atoms with Crippen LogP contribution in [0.4, 0.5) is 0 Å². The smallest absolute Gasteiger partial charge is 0.231 e. The molecule has 3 atom stereocenters. The Morgan fingerprint density at radius 1 is 1.08 bits per heavy atom. The van der Waals surface area contributed by atoms with Gasteiger partial charge in [0.1, 0.15) is 0 Å². The summed E-state index contributed by atoms with van der Waals surface area (Å²) in [6.07, 6.45) is 2.98. The van der Waals surface area contributed by atoms with Crippen LogP contribution in [0.2, 0.25) is 0 Å². The van der Waals surface area contributed by atoms with Crippen LogP contribution < -0.4 is 5.73 Å². The molecule has 2 amide bonds. The Balaban J connectivity index is 1.33. The number of carbonyl (C=O) groups excluding carboxylic acids is 2. The monoisotopic (exact) mass is 356 g/mol. The number of rotatable bonds is 5. The molecule has 3 aliphatic heterocycles. The average molecular weight is 356 g/mol. The number of amides is 2. The SMILES string of the molecule is NC(=O)CN1CCCC(C(=O)N2C[C@@H]3C[C@H]2CN3Cc2ccccc2)C1. The van der Waals surface area contributed by atoms with Crippen molar-refractivity contribution in [2.75, 3.05) is 32.7 Å². The van der Waals surface area contributed by atoms with Gasteiger partial charge < -0.3 is 10.6 Å². The summed E-state index contributed by atoms with van der Waals surface area (Å²) in [7, 11) is 0. The molecule has 6 heteroatoms.